The minimum atomic E-state index is -0.335. The predicted molar refractivity (Wildman–Crippen MR) is 96.0 cm³/mol. The first kappa shape index (κ1) is 17.9. The second-order valence-corrected chi connectivity index (χ2v) is 7.70. The van der Waals surface area contributed by atoms with Gasteiger partial charge in [0.25, 0.3) is 0 Å². The van der Waals surface area contributed by atoms with Crippen LogP contribution in [0.25, 0.3) is 0 Å². The molecule has 0 aromatic heterocycles. The zero-order chi connectivity index (χ0) is 14.0. The molecule has 3 rings (SSSR count). The molecular weight excluding hydrogens is 381 g/mol. The van der Waals surface area contributed by atoms with Crippen molar-refractivity contribution in [1.29, 1.82) is 0 Å². The average molecular weight is 400 g/mol. The van der Waals surface area contributed by atoms with Crippen LogP contribution in [0.15, 0.2) is 91.0 Å². The summed E-state index contributed by atoms with van der Waals surface area (Å²) in [6.45, 7) is 0. The van der Waals surface area contributed by atoms with Crippen molar-refractivity contribution in [3.05, 3.63) is 91.0 Å². The fourth-order valence-electron chi connectivity index (χ4n) is 1.58. The van der Waals surface area contributed by atoms with Gasteiger partial charge < -0.3 is 5.11 Å². The van der Waals surface area contributed by atoms with E-state index in [0.29, 0.717) is 5.75 Å². The zero-order valence-electron chi connectivity index (χ0n) is 11.1. The van der Waals surface area contributed by atoms with E-state index in [9.17, 15) is 0 Å². The maximum absolute atomic E-state index is 8.63. The van der Waals surface area contributed by atoms with Crippen LogP contribution in [0.2, 0.25) is 0 Å². The molecule has 3 aromatic carbocycles. The van der Waals surface area contributed by atoms with Crippen LogP contribution in [-0.2, 0) is 0 Å². The third-order valence-electron chi connectivity index (χ3n) is 2.53. The first-order valence-corrected chi connectivity index (χ1v) is 8.96. The van der Waals surface area contributed by atoms with E-state index < -0.39 is 0 Å². The number of hydrogen-bond donors (Lipinski definition) is 1. The summed E-state index contributed by atoms with van der Waals surface area (Å²) in [6.07, 6.45) is 0. The molecule has 0 saturated carbocycles. The molecule has 0 bridgehead atoms. The third-order valence-corrected chi connectivity index (χ3v) is 5.70. The van der Waals surface area contributed by atoms with Crippen molar-refractivity contribution >= 4 is 46.0 Å². The summed E-state index contributed by atoms with van der Waals surface area (Å²) in [5.74, 6) is 0.322. The Morgan fingerprint density at radius 2 is 0.857 bits per heavy atom. The molecule has 1 N–H and O–H groups in total. The first-order chi connectivity index (χ1) is 9.84. The Bertz CT molecular complexity index is 562. The van der Waals surface area contributed by atoms with Gasteiger partial charge >= 0.3 is 89.3 Å². The van der Waals surface area contributed by atoms with Crippen LogP contribution < -0.4 is 7.02 Å². The SMILES string of the molecule is Oc1ccccc1.[AlH3].c1cc[c]([Sb][c]2ccccc2)cc1. The number of aromatic hydroxyl groups is 1. The van der Waals surface area contributed by atoms with Crippen LogP contribution in [0.5, 0.6) is 5.75 Å². The number of phenolic OH excluding ortho intramolecular Hbond substituents is 1. The molecule has 0 unspecified atom stereocenters. The van der Waals surface area contributed by atoms with Gasteiger partial charge in [-0.05, 0) is 12.1 Å². The molecule has 105 valence electrons. The number of hydrogen-bond acceptors (Lipinski definition) is 1. The van der Waals surface area contributed by atoms with Crippen LogP contribution in [0, 0.1) is 0 Å². The van der Waals surface area contributed by atoms with E-state index in [1.807, 2.05) is 6.07 Å². The van der Waals surface area contributed by atoms with Crippen LogP contribution in [-0.4, -0.2) is 44.1 Å². The number of phenols is 1. The summed E-state index contributed by atoms with van der Waals surface area (Å²) in [4.78, 5) is 0. The Morgan fingerprint density at radius 3 is 1.14 bits per heavy atom. The van der Waals surface area contributed by atoms with Gasteiger partial charge in [-0.15, -0.1) is 0 Å². The predicted octanol–water partition coefficient (Wildman–Crippen LogP) is 1.55. The van der Waals surface area contributed by atoms with E-state index in [-0.39, 0.29) is 39.0 Å². The van der Waals surface area contributed by atoms with Crippen LogP contribution in [0.4, 0.5) is 0 Å². The van der Waals surface area contributed by atoms with E-state index in [1.54, 1.807) is 24.3 Å². The summed E-state index contributed by atoms with van der Waals surface area (Å²) in [5.41, 5.74) is 0. The molecule has 3 heteroatoms. The van der Waals surface area contributed by atoms with Crippen molar-refractivity contribution in [1.82, 2.24) is 0 Å². The molecular formula is C18H19AlOSb. The van der Waals surface area contributed by atoms with Crippen molar-refractivity contribution in [2.45, 2.75) is 0 Å². The monoisotopic (exact) mass is 399 g/mol. The van der Waals surface area contributed by atoms with Crippen LogP contribution >= 0.6 is 0 Å². The van der Waals surface area contributed by atoms with Crippen molar-refractivity contribution in [3.63, 3.8) is 0 Å². The topological polar surface area (TPSA) is 20.2 Å². The third kappa shape index (κ3) is 7.40. The first-order valence-electron chi connectivity index (χ1n) is 6.40. The van der Waals surface area contributed by atoms with E-state index >= 15 is 0 Å². The fraction of sp³-hybridized carbons (Fsp3) is 0. The molecule has 21 heavy (non-hydrogen) atoms. The molecule has 1 radical (unpaired) electrons. The van der Waals surface area contributed by atoms with Crippen molar-refractivity contribution in [3.8, 4) is 5.75 Å². The molecule has 0 atom stereocenters. The number of rotatable bonds is 2. The van der Waals surface area contributed by atoms with E-state index in [2.05, 4.69) is 60.7 Å². The zero-order valence-corrected chi connectivity index (χ0v) is 13.6. The molecule has 0 amide bonds. The van der Waals surface area contributed by atoms with Crippen molar-refractivity contribution < 1.29 is 5.11 Å². The fourth-order valence-corrected chi connectivity index (χ4v) is 4.27. The molecule has 0 spiro atoms. The van der Waals surface area contributed by atoms with Gasteiger partial charge in [0, 0.05) is 0 Å². The van der Waals surface area contributed by atoms with Gasteiger partial charge in [-0.1, -0.05) is 18.2 Å². The average Bonchev–Trinajstić information content (AvgIpc) is 2.51. The summed E-state index contributed by atoms with van der Waals surface area (Å²) < 4.78 is 3.04. The molecule has 0 aliphatic rings. The van der Waals surface area contributed by atoms with Gasteiger partial charge in [0.2, 0.25) is 0 Å². The Hall–Kier alpha value is -1.19. The summed E-state index contributed by atoms with van der Waals surface area (Å²) in [7, 11) is 0. The van der Waals surface area contributed by atoms with Crippen molar-refractivity contribution in [2.75, 3.05) is 0 Å². The summed E-state index contributed by atoms with van der Waals surface area (Å²) in [6, 6.07) is 30.2. The Labute approximate surface area is 147 Å². The van der Waals surface area contributed by atoms with E-state index in [0.717, 1.165) is 0 Å². The van der Waals surface area contributed by atoms with Crippen LogP contribution in [0.1, 0.15) is 0 Å². The quantitative estimate of drug-likeness (QED) is 0.648. The molecule has 0 aliphatic carbocycles. The summed E-state index contributed by atoms with van der Waals surface area (Å²) in [5, 5.41) is 8.63. The Morgan fingerprint density at radius 1 is 0.524 bits per heavy atom. The maximum atomic E-state index is 8.63. The Balaban J connectivity index is 0.000000236. The molecule has 0 heterocycles. The molecule has 3 aromatic rings. The normalized spacial score (nSPS) is 8.95. The van der Waals surface area contributed by atoms with Gasteiger partial charge in [0.1, 0.15) is 5.75 Å². The molecule has 0 saturated heterocycles. The molecule has 1 nitrogen and oxygen atoms in total. The molecule has 0 fully saturated rings. The Kier molecular flexibility index (Phi) is 8.95. The van der Waals surface area contributed by atoms with Crippen LogP contribution in [0.3, 0.4) is 0 Å². The van der Waals surface area contributed by atoms with Gasteiger partial charge in [-0.3, -0.25) is 0 Å². The van der Waals surface area contributed by atoms with Gasteiger partial charge in [0.05, 0.1) is 0 Å². The standard InChI is InChI=1S/C6H6O.2C6H5.Al.Sb.3H/c7-6-4-2-1-3-5-6;2*1-2-4-6-5-3-1;;;;;/h1-5,7H;2*1-5H;;;;;. The minimum absolute atomic E-state index is 0. The second kappa shape index (κ2) is 10.5. The number of para-hydroxylation sites is 1. The summed E-state index contributed by atoms with van der Waals surface area (Å²) >= 11 is -0.335. The molecule has 0 aliphatic heterocycles. The van der Waals surface area contributed by atoms with E-state index in [1.165, 1.54) is 7.02 Å². The second-order valence-electron chi connectivity index (χ2n) is 4.12. The van der Waals surface area contributed by atoms with Crippen molar-refractivity contribution in [2.24, 2.45) is 0 Å². The van der Waals surface area contributed by atoms with Gasteiger partial charge in [0.15, 0.2) is 17.4 Å². The van der Waals surface area contributed by atoms with E-state index in [4.69, 9.17) is 5.11 Å². The van der Waals surface area contributed by atoms with Gasteiger partial charge in [-0.2, -0.15) is 0 Å². The number of benzene rings is 3. The van der Waals surface area contributed by atoms with Gasteiger partial charge in [-0.25, -0.2) is 0 Å².